The predicted octanol–water partition coefficient (Wildman–Crippen LogP) is 11.6. The number of nitrogens with zero attached hydrogens (tertiary/aromatic N) is 5. The Balaban J connectivity index is 1.15. The first-order valence-corrected chi connectivity index (χ1v) is 17.3. The minimum atomic E-state index is 0.575. The van der Waals surface area contributed by atoms with Crippen LogP contribution in [0.5, 0.6) is 0 Å². The molecule has 0 atom stereocenters. The molecule has 6 nitrogen and oxygen atoms in total. The van der Waals surface area contributed by atoms with E-state index >= 15 is 0 Å². The van der Waals surface area contributed by atoms with Gasteiger partial charge in [0.2, 0.25) is 0 Å². The highest BCUT2D eigenvalue weighted by atomic mass is 16.3. The highest BCUT2D eigenvalue weighted by Gasteiger charge is 2.19. The number of rotatable bonds is 4. The first-order valence-electron chi connectivity index (χ1n) is 17.3. The molecule has 7 aromatic carbocycles. The second-order valence-electron chi connectivity index (χ2n) is 13.1. The van der Waals surface area contributed by atoms with Gasteiger partial charge in [-0.2, -0.15) is 0 Å². The lowest BCUT2D eigenvalue weighted by Crippen LogP contribution is -2.01. The minimum absolute atomic E-state index is 0.575. The number of furan rings is 1. The fraction of sp³-hybridized carbons (Fsp3) is 0. The standard InChI is InChI=1S/C46H27N5O/c1-2-12-33-28(9-1)19-20-29-25-31(21-22-34(29)33)45-48-44(49-46(50-45)38-15-8-18-41-43(38)37-23-24-47-27-42(37)52-41)30-10-7-11-32(26-30)51-39-16-5-3-13-35(39)36-14-4-6-17-40(36)51/h1-27H. The largest absolute Gasteiger partial charge is 0.454 e. The molecule has 0 bridgehead atoms. The second-order valence-corrected chi connectivity index (χ2v) is 13.1. The summed E-state index contributed by atoms with van der Waals surface area (Å²) in [5, 5.41) is 9.11. The van der Waals surface area contributed by atoms with Crippen molar-refractivity contribution in [2.24, 2.45) is 0 Å². The molecule has 11 rings (SSSR count). The van der Waals surface area contributed by atoms with Gasteiger partial charge in [-0.15, -0.1) is 0 Å². The summed E-state index contributed by atoms with van der Waals surface area (Å²) in [7, 11) is 0. The van der Waals surface area contributed by atoms with Crippen LogP contribution in [-0.4, -0.2) is 24.5 Å². The Labute approximate surface area is 297 Å². The van der Waals surface area contributed by atoms with Crippen molar-refractivity contribution < 1.29 is 4.42 Å². The number of benzene rings is 7. The maximum Gasteiger partial charge on any atom is 0.164 e. The van der Waals surface area contributed by atoms with Gasteiger partial charge in [-0.05, 0) is 64.0 Å². The zero-order chi connectivity index (χ0) is 34.2. The van der Waals surface area contributed by atoms with Crippen LogP contribution in [0.25, 0.3) is 105 Å². The zero-order valence-corrected chi connectivity index (χ0v) is 27.7. The molecule has 0 spiro atoms. The van der Waals surface area contributed by atoms with Crippen molar-refractivity contribution in [3.05, 3.63) is 164 Å². The van der Waals surface area contributed by atoms with Gasteiger partial charge < -0.3 is 8.98 Å². The molecular formula is C46H27N5O. The van der Waals surface area contributed by atoms with Gasteiger partial charge in [0.25, 0.3) is 0 Å². The summed E-state index contributed by atoms with van der Waals surface area (Å²) in [6.45, 7) is 0. The predicted molar refractivity (Wildman–Crippen MR) is 211 cm³/mol. The molecule has 0 N–H and O–H groups in total. The van der Waals surface area contributed by atoms with Gasteiger partial charge in [0.15, 0.2) is 23.1 Å². The lowest BCUT2D eigenvalue weighted by atomic mass is 10.00. The summed E-state index contributed by atoms with van der Waals surface area (Å²) in [6, 6.07) is 52.9. The summed E-state index contributed by atoms with van der Waals surface area (Å²) >= 11 is 0. The monoisotopic (exact) mass is 665 g/mol. The van der Waals surface area contributed by atoms with Crippen molar-refractivity contribution in [1.82, 2.24) is 24.5 Å². The molecule has 0 saturated heterocycles. The number of pyridine rings is 1. The lowest BCUT2D eigenvalue weighted by Gasteiger charge is -2.12. The molecule has 4 heterocycles. The minimum Gasteiger partial charge on any atom is -0.454 e. The van der Waals surface area contributed by atoms with Gasteiger partial charge in [0.05, 0.1) is 17.2 Å². The maximum absolute atomic E-state index is 6.22. The van der Waals surface area contributed by atoms with Crippen molar-refractivity contribution in [2.75, 3.05) is 0 Å². The van der Waals surface area contributed by atoms with Gasteiger partial charge in [0.1, 0.15) is 5.58 Å². The van der Waals surface area contributed by atoms with E-state index < -0.39 is 0 Å². The molecule has 0 amide bonds. The third-order valence-electron chi connectivity index (χ3n) is 10.1. The Morgan fingerprint density at radius 3 is 1.94 bits per heavy atom. The van der Waals surface area contributed by atoms with Gasteiger partial charge in [-0.3, -0.25) is 4.98 Å². The summed E-state index contributed by atoms with van der Waals surface area (Å²) in [6.07, 6.45) is 3.54. The summed E-state index contributed by atoms with van der Waals surface area (Å²) in [5.41, 5.74) is 7.49. The molecule has 0 saturated carbocycles. The first-order chi connectivity index (χ1) is 25.8. The van der Waals surface area contributed by atoms with Crippen LogP contribution in [0.15, 0.2) is 168 Å². The Morgan fingerprint density at radius 1 is 0.442 bits per heavy atom. The van der Waals surface area contributed by atoms with E-state index in [1.165, 1.54) is 26.9 Å². The molecule has 0 aliphatic carbocycles. The SMILES string of the molecule is c1cc(-c2nc(-c3ccc4c(ccc5ccccc54)c3)nc(-c3cccc4oc5cnccc5c34)n2)cc(-n2c3ccccc3c3ccccc32)c1. The molecule has 4 aromatic heterocycles. The van der Waals surface area contributed by atoms with Crippen LogP contribution in [0.4, 0.5) is 0 Å². The van der Waals surface area contributed by atoms with Gasteiger partial charge >= 0.3 is 0 Å². The molecule has 0 radical (unpaired) electrons. The first kappa shape index (κ1) is 28.6. The van der Waals surface area contributed by atoms with E-state index in [0.717, 1.165) is 60.7 Å². The molecule has 0 aliphatic rings. The van der Waals surface area contributed by atoms with Crippen LogP contribution in [0.1, 0.15) is 0 Å². The number of hydrogen-bond donors (Lipinski definition) is 0. The van der Waals surface area contributed by atoms with Gasteiger partial charge in [0, 0.05) is 50.1 Å². The van der Waals surface area contributed by atoms with Crippen molar-refractivity contribution in [3.63, 3.8) is 0 Å². The number of hydrogen-bond acceptors (Lipinski definition) is 5. The third kappa shape index (κ3) is 4.38. The van der Waals surface area contributed by atoms with Crippen molar-refractivity contribution in [1.29, 1.82) is 0 Å². The summed E-state index contributed by atoms with van der Waals surface area (Å²) in [4.78, 5) is 19.8. The van der Waals surface area contributed by atoms with E-state index in [1.54, 1.807) is 12.4 Å². The summed E-state index contributed by atoms with van der Waals surface area (Å²) < 4.78 is 8.54. The Bertz CT molecular complexity index is 3160. The Morgan fingerprint density at radius 2 is 1.12 bits per heavy atom. The zero-order valence-electron chi connectivity index (χ0n) is 27.7. The topological polar surface area (TPSA) is 69.6 Å². The average molecular weight is 666 g/mol. The van der Waals surface area contributed by atoms with Crippen LogP contribution < -0.4 is 0 Å². The van der Waals surface area contributed by atoms with Crippen LogP contribution in [0.2, 0.25) is 0 Å². The number of fused-ring (bicyclic) bond motifs is 9. The molecule has 0 aliphatic heterocycles. The van der Waals surface area contributed by atoms with E-state index in [1.807, 2.05) is 18.2 Å². The van der Waals surface area contributed by atoms with Crippen molar-refractivity contribution in [2.45, 2.75) is 0 Å². The molecule has 0 unspecified atom stereocenters. The van der Waals surface area contributed by atoms with E-state index in [9.17, 15) is 0 Å². The average Bonchev–Trinajstić information content (AvgIpc) is 3.76. The Hall–Kier alpha value is -7.18. The lowest BCUT2D eigenvalue weighted by molar-refractivity contribution is 0.667. The van der Waals surface area contributed by atoms with E-state index in [4.69, 9.17) is 19.4 Å². The van der Waals surface area contributed by atoms with Gasteiger partial charge in [-0.25, -0.2) is 15.0 Å². The fourth-order valence-corrected chi connectivity index (χ4v) is 7.76. The van der Waals surface area contributed by atoms with Crippen LogP contribution in [0, 0.1) is 0 Å². The van der Waals surface area contributed by atoms with Crippen LogP contribution in [0.3, 0.4) is 0 Å². The van der Waals surface area contributed by atoms with Crippen molar-refractivity contribution in [3.8, 4) is 39.9 Å². The van der Waals surface area contributed by atoms with Crippen molar-refractivity contribution >= 4 is 65.3 Å². The number of para-hydroxylation sites is 2. The molecule has 6 heteroatoms. The maximum atomic E-state index is 6.22. The van der Waals surface area contributed by atoms with E-state index in [2.05, 4.69) is 143 Å². The normalized spacial score (nSPS) is 11.8. The highest BCUT2D eigenvalue weighted by molar-refractivity contribution is 6.12. The molecule has 11 aromatic rings. The van der Waals surface area contributed by atoms with E-state index in [-0.39, 0.29) is 0 Å². The van der Waals surface area contributed by atoms with Crippen LogP contribution >= 0.6 is 0 Å². The number of aromatic nitrogens is 5. The van der Waals surface area contributed by atoms with Crippen LogP contribution in [-0.2, 0) is 0 Å². The molecular weight excluding hydrogens is 639 g/mol. The quantitative estimate of drug-likeness (QED) is 0.175. The highest BCUT2D eigenvalue weighted by Crippen LogP contribution is 2.38. The fourth-order valence-electron chi connectivity index (χ4n) is 7.76. The smallest absolute Gasteiger partial charge is 0.164 e. The second kappa shape index (κ2) is 11.2. The molecule has 0 fully saturated rings. The Kier molecular flexibility index (Phi) is 6.15. The third-order valence-corrected chi connectivity index (χ3v) is 10.1. The summed E-state index contributed by atoms with van der Waals surface area (Å²) in [5.74, 6) is 1.77. The molecule has 52 heavy (non-hydrogen) atoms. The molecule has 242 valence electrons. The van der Waals surface area contributed by atoms with E-state index in [0.29, 0.717) is 17.5 Å². The van der Waals surface area contributed by atoms with Gasteiger partial charge in [-0.1, -0.05) is 109 Å².